The second kappa shape index (κ2) is 6.10. The molecule has 0 fully saturated rings. The Bertz CT molecular complexity index is 1020. The van der Waals surface area contributed by atoms with Crippen molar-refractivity contribution in [1.82, 2.24) is 19.1 Å². The van der Waals surface area contributed by atoms with Crippen molar-refractivity contribution in [3.05, 3.63) is 57.1 Å². The molecule has 0 aliphatic heterocycles. The Morgan fingerprint density at radius 2 is 2.12 bits per heavy atom. The maximum atomic E-state index is 12.0. The van der Waals surface area contributed by atoms with Crippen LogP contribution < -0.4 is 11.1 Å². The first-order valence-corrected chi connectivity index (χ1v) is 6.77. The summed E-state index contributed by atoms with van der Waals surface area (Å²) in [4.78, 5) is 45.3. The summed E-state index contributed by atoms with van der Waals surface area (Å²) < 4.78 is 2.48. The number of rotatable bonds is 5. The molecule has 0 aliphatic carbocycles. The Hall–Kier alpha value is -3.24. The van der Waals surface area contributed by atoms with E-state index in [1.54, 1.807) is 10.8 Å². The summed E-state index contributed by atoms with van der Waals surface area (Å²) in [7, 11) is 0. The zero-order chi connectivity index (χ0) is 17.3. The number of carboxylic acid groups (broad SMARTS) is 1. The molecule has 2 heterocycles. The quantitative estimate of drug-likeness (QED) is 0.338. The van der Waals surface area contributed by atoms with Gasteiger partial charge in [-0.15, -0.1) is 0 Å². The molecule has 10 heteroatoms. The van der Waals surface area contributed by atoms with Gasteiger partial charge >= 0.3 is 17.1 Å². The number of aliphatic carboxylic acids is 1. The van der Waals surface area contributed by atoms with Crippen LogP contribution >= 0.6 is 0 Å². The Balaban J connectivity index is 2.37. The lowest BCUT2D eigenvalue weighted by Crippen LogP contribution is -2.38. The van der Waals surface area contributed by atoms with Crippen molar-refractivity contribution < 1.29 is 20.0 Å². The second-order valence-electron chi connectivity index (χ2n) is 4.98. The molecule has 0 unspecified atom stereocenters. The van der Waals surface area contributed by atoms with E-state index < -0.39 is 23.6 Å². The summed E-state index contributed by atoms with van der Waals surface area (Å²) in [6.07, 6.45) is 4.66. The number of hydrogen-bond donors (Lipinski definition) is 3. The van der Waals surface area contributed by atoms with Crippen LogP contribution in [0.15, 0.2) is 40.4 Å². The van der Waals surface area contributed by atoms with E-state index in [1.807, 2.05) is 0 Å². The van der Waals surface area contributed by atoms with Gasteiger partial charge in [0.1, 0.15) is 13.2 Å². The highest BCUT2D eigenvalue weighted by molar-refractivity contribution is 5.80. The number of hydrogen-bond acceptors (Lipinski definition) is 6. The van der Waals surface area contributed by atoms with E-state index >= 15 is 0 Å². The maximum Gasteiger partial charge on any atom is 0.323 e. The molecule has 0 saturated heterocycles. The first kappa shape index (κ1) is 15.6. The van der Waals surface area contributed by atoms with Crippen LogP contribution in [-0.2, 0) is 22.8 Å². The van der Waals surface area contributed by atoms with E-state index in [-0.39, 0.29) is 17.6 Å². The highest BCUT2D eigenvalue weighted by Gasteiger charge is 2.15. The molecule has 0 amide bonds. The smallest absolute Gasteiger partial charge is 0.323 e. The molecular formula is C14H12N4O6. The van der Waals surface area contributed by atoms with Crippen molar-refractivity contribution in [3.8, 4) is 5.69 Å². The third-order valence-electron chi connectivity index (χ3n) is 3.47. The van der Waals surface area contributed by atoms with Gasteiger partial charge in [0, 0.05) is 18.0 Å². The van der Waals surface area contributed by atoms with Gasteiger partial charge in [-0.3, -0.25) is 24.2 Å². The number of aromatic nitrogens is 4. The zero-order valence-electron chi connectivity index (χ0n) is 12.2. The fourth-order valence-corrected chi connectivity index (χ4v) is 2.47. The van der Waals surface area contributed by atoms with Crippen LogP contribution in [0.3, 0.4) is 0 Å². The lowest BCUT2D eigenvalue weighted by molar-refractivity contribution is -0.252. The molecule has 0 atom stereocenters. The third kappa shape index (κ3) is 2.71. The summed E-state index contributed by atoms with van der Waals surface area (Å²) >= 11 is 0. The maximum absolute atomic E-state index is 12.0. The van der Waals surface area contributed by atoms with Gasteiger partial charge in [-0.05, 0) is 12.1 Å². The summed E-state index contributed by atoms with van der Waals surface area (Å²) in [5.74, 6) is -1.25. The number of H-pyrrole nitrogens is 1. The third-order valence-corrected chi connectivity index (χ3v) is 3.47. The minimum atomic E-state index is -1.25. The second-order valence-corrected chi connectivity index (χ2v) is 4.98. The zero-order valence-corrected chi connectivity index (χ0v) is 12.2. The number of nitrogens with zero attached hydrogens (tertiary/aromatic N) is 3. The highest BCUT2D eigenvalue weighted by Crippen LogP contribution is 2.21. The number of imidazole rings is 1. The van der Waals surface area contributed by atoms with Crippen LogP contribution in [-0.4, -0.2) is 35.4 Å². The van der Waals surface area contributed by atoms with E-state index in [0.717, 1.165) is 4.57 Å². The van der Waals surface area contributed by atoms with Crippen LogP contribution in [0.4, 0.5) is 0 Å². The lowest BCUT2D eigenvalue weighted by Gasteiger charge is -2.13. The molecule has 124 valence electrons. The standard InChI is InChI=1S/C14H12N4O6/c19-12(20)5-18-11-4-10(17-2-1-15-7-17)8(6-24-23)3-9(11)16-13(21)14(18)22/h1-4,7,23H,5-6H2,(H,16,21)(H,19,20). The summed E-state index contributed by atoms with van der Waals surface area (Å²) in [6, 6.07) is 3.02. The fourth-order valence-electron chi connectivity index (χ4n) is 2.47. The van der Waals surface area contributed by atoms with Crippen molar-refractivity contribution in [2.75, 3.05) is 0 Å². The Morgan fingerprint density at radius 1 is 1.33 bits per heavy atom. The number of carboxylic acids is 1. The molecule has 3 aromatic rings. The van der Waals surface area contributed by atoms with Gasteiger partial charge in [0.15, 0.2) is 0 Å². The summed E-state index contributed by atoms with van der Waals surface area (Å²) in [5, 5.41) is 17.7. The molecule has 2 aromatic heterocycles. The van der Waals surface area contributed by atoms with Crippen LogP contribution in [0, 0.1) is 0 Å². The molecule has 0 bridgehead atoms. The molecule has 3 N–H and O–H groups in total. The molecule has 0 saturated carbocycles. The molecule has 0 spiro atoms. The van der Waals surface area contributed by atoms with Crippen LogP contribution in [0.2, 0.25) is 0 Å². The molecule has 0 radical (unpaired) electrons. The van der Waals surface area contributed by atoms with Gasteiger partial charge in [-0.2, -0.15) is 0 Å². The largest absolute Gasteiger partial charge is 0.480 e. The summed E-state index contributed by atoms with van der Waals surface area (Å²) in [6.45, 7) is -0.831. The summed E-state index contributed by atoms with van der Waals surface area (Å²) in [5.41, 5.74) is -0.411. The fraction of sp³-hybridized carbons (Fsp3) is 0.143. The molecule has 1 aromatic carbocycles. The molecule has 10 nitrogen and oxygen atoms in total. The Labute approximate surface area is 133 Å². The van der Waals surface area contributed by atoms with E-state index in [0.29, 0.717) is 11.3 Å². The number of nitrogens with one attached hydrogen (secondary N) is 1. The number of benzene rings is 1. The number of aromatic amines is 1. The van der Waals surface area contributed by atoms with E-state index in [4.69, 9.17) is 10.4 Å². The Kier molecular flexibility index (Phi) is 3.98. The van der Waals surface area contributed by atoms with Gasteiger partial charge in [-0.1, -0.05) is 0 Å². The topological polar surface area (TPSA) is 139 Å². The van der Waals surface area contributed by atoms with Gasteiger partial charge < -0.3 is 14.7 Å². The van der Waals surface area contributed by atoms with Crippen LogP contribution in [0.25, 0.3) is 16.7 Å². The molecule has 24 heavy (non-hydrogen) atoms. The molecule has 3 rings (SSSR count). The highest BCUT2D eigenvalue weighted by atomic mass is 17.1. The minimum Gasteiger partial charge on any atom is -0.480 e. The molecular weight excluding hydrogens is 320 g/mol. The molecule has 0 aliphatic rings. The average Bonchev–Trinajstić information content (AvgIpc) is 3.05. The first-order chi connectivity index (χ1) is 11.5. The lowest BCUT2D eigenvalue weighted by atomic mass is 10.1. The first-order valence-electron chi connectivity index (χ1n) is 6.77. The minimum absolute atomic E-state index is 0.177. The van der Waals surface area contributed by atoms with Crippen molar-refractivity contribution >= 4 is 17.0 Å². The van der Waals surface area contributed by atoms with Gasteiger partial charge in [0.2, 0.25) is 0 Å². The van der Waals surface area contributed by atoms with Crippen molar-refractivity contribution in [2.45, 2.75) is 13.2 Å². The van der Waals surface area contributed by atoms with E-state index in [1.165, 1.54) is 24.7 Å². The van der Waals surface area contributed by atoms with Crippen LogP contribution in [0.1, 0.15) is 5.56 Å². The van der Waals surface area contributed by atoms with E-state index in [2.05, 4.69) is 14.9 Å². The van der Waals surface area contributed by atoms with Gasteiger partial charge in [0.25, 0.3) is 0 Å². The predicted octanol–water partition coefficient (Wildman–Crippen LogP) is -0.0503. The van der Waals surface area contributed by atoms with Gasteiger partial charge in [-0.25, -0.2) is 9.87 Å². The van der Waals surface area contributed by atoms with Crippen molar-refractivity contribution in [1.29, 1.82) is 0 Å². The Morgan fingerprint density at radius 3 is 2.75 bits per heavy atom. The number of fused-ring (bicyclic) bond motifs is 1. The van der Waals surface area contributed by atoms with Crippen molar-refractivity contribution in [3.63, 3.8) is 0 Å². The monoisotopic (exact) mass is 332 g/mol. The average molecular weight is 332 g/mol. The predicted molar refractivity (Wildman–Crippen MR) is 81.0 cm³/mol. The van der Waals surface area contributed by atoms with Gasteiger partial charge in [0.05, 0.1) is 23.0 Å². The normalized spacial score (nSPS) is 11.0. The van der Waals surface area contributed by atoms with Crippen molar-refractivity contribution in [2.24, 2.45) is 0 Å². The van der Waals surface area contributed by atoms with E-state index in [9.17, 15) is 14.4 Å². The number of carbonyl (C=O) groups is 1. The van der Waals surface area contributed by atoms with Crippen LogP contribution in [0.5, 0.6) is 0 Å². The SMILES string of the molecule is O=C(O)Cn1c(=O)c(=O)[nH]c2cc(COO)c(-n3ccnc3)cc21.